The van der Waals surface area contributed by atoms with Gasteiger partial charge in [-0.3, -0.25) is 9.59 Å². The van der Waals surface area contributed by atoms with Crippen molar-refractivity contribution in [3.05, 3.63) is 52.0 Å². The molecule has 2 aromatic rings. The molecule has 1 saturated heterocycles. The van der Waals surface area contributed by atoms with E-state index >= 15 is 0 Å². The molecule has 2 amide bonds. The summed E-state index contributed by atoms with van der Waals surface area (Å²) < 4.78 is 0. The van der Waals surface area contributed by atoms with Crippen LogP contribution in [0.4, 0.5) is 17.1 Å². The van der Waals surface area contributed by atoms with E-state index in [1.807, 2.05) is 44.1 Å². The van der Waals surface area contributed by atoms with Gasteiger partial charge in [0, 0.05) is 54.2 Å². The quantitative estimate of drug-likeness (QED) is 0.821. The fraction of sp³-hybridized carbons (Fsp3) is 0.300. The predicted molar refractivity (Wildman–Crippen MR) is 111 cm³/mol. The molecule has 27 heavy (non-hydrogen) atoms. The van der Waals surface area contributed by atoms with Crippen LogP contribution in [-0.2, 0) is 9.59 Å². The first-order chi connectivity index (χ1) is 12.8. The number of hydrogen-bond acceptors (Lipinski definition) is 3. The highest BCUT2D eigenvalue weighted by Gasteiger charge is 2.35. The van der Waals surface area contributed by atoms with E-state index in [1.54, 1.807) is 23.1 Å². The van der Waals surface area contributed by atoms with E-state index in [4.69, 9.17) is 23.2 Å². The molecule has 5 nitrogen and oxygen atoms in total. The van der Waals surface area contributed by atoms with E-state index in [0.717, 1.165) is 16.9 Å². The minimum atomic E-state index is -0.433. The second-order valence-corrected chi connectivity index (χ2v) is 7.74. The van der Waals surface area contributed by atoms with Gasteiger partial charge in [0.1, 0.15) is 0 Å². The number of nitrogens with one attached hydrogen (secondary N) is 1. The number of nitrogens with zero attached hydrogens (tertiary/aromatic N) is 2. The molecular weight excluding hydrogens is 385 g/mol. The molecule has 1 atom stereocenters. The fourth-order valence-electron chi connectivity index (χ4n) is 3.31. The largest absolute Gasteiger partial charge is 0.377 e. The lowest BCUT2D eigenvalue weighted by atomic mass is 10.1. The van der Waals surface area contributed by atoms with Gasteiger partial charge in [0.05, 0.1) is 5.92 Å². The summed E-state index contributed by atoms with van der Waals surface area (Å²) in [5.74, 6) is -0.720. The van der Waals surface area contributed by atoms with Crippen molar-refractivity contribution < 1.29 is 9.59 Å². The molecule has 0 radical (unpaired) electrons. The summed E-state index contributed by atoms with van der Waals surface area (Å²) in [6, 6.07) is 10.7. The van der Waals surface area contributed by atoms with Crippen molar-refractivity contribution in [3.8, 4) is 0 Å². The van der Waals surface area contributed by atoms with Crippen molar-refractivity contribution in [1.29, 1.82) is 0 Å². The van der Waals surface area contributed by atoms with E-state index < -0.39 is 5.92 Å². The third kappa shape index (κ3) is 4.20. The molecule has 1 heterocycles. The average Bonchev–Trinajstić information content (AvgIpc) is 2.97. The predicted octanol–water partition coefficient (Wildman–Crippen LogP) is 4.36. The maximum Gasteiger partial charge on any atom is 0.229 e. The van der Waals surface area contributed by atoms with Crippen LogP contribution in [0.5, 0.6) is 0 Å². The lowest BCUT2D eigenvalue weighted by Crippen LogP contribution is -2.28. The minimum absolute atomic E-state index is 0.118. The second kappa shape index (κ2) is 7.79. The minimum Gasteiger partial charge on any atom is -0.377 e. The van der Waals surface area contributed by atoms with Crippen LogP contribution in [0, 0.1) is 12.8 Å². The van der Waals surface area contributed by atoms with E-state index in [9.17, 15) is 9.59 Å². The number of carbonyl (C=O) groups is 2. The van der Waals surface area contributed by atoms with Gasteiger partial charge in [-0.2, -0.15) is 0 Å². The molecule has 1 fully saturated rings. The Balaban J connectivity index is 1.76. The van der Waals surface area contributed by atoms with Crippen LogP contribution < -0.4 is 15.1 Å². The number of amides is 2. The summed E-state index contributed by atoms with van der Waals surface area (Å²) in [6.07, 6.45) is 0.155. The molecule has 2 aromatic carbocycles. The van der Waals surface area contributed by atoms with Gasteiger partial charge in [0.2, 0.25) is 11.8 Å². The van der Waals surface area contributed by atoms with Gasteiger partial charge in [0.25, 0.3) is 0 Å². The summed E-state index contributed by atoms with van der Waals surface area (Å²) in [7, 11) is 3.91. The van der Waals surface area contributed by atoms with Gasteiger partial charge in [-0.1, -0.05) is 29.3 Å². The molecule has 3 rings (SSSR count). The normalized spacial score (nSPS) is 16.6. The summed E-state index contributed by atoms with van der Waals surface area (Å²) in [6.45, 7) is 2.26. The number of rotatable bonds is 4. The molecule has 142 valence electrons. The van der Waals surface area contributed by atoms with Crippen LogP contribution in [0.1, 0.15) is 12.0 Å². The highest BCUT2D eigenvalue weighted by atomic mass is 35.5. The molecule has 1 unspecified atom stereocenters. The molecule has 7 heteroatoms. The van der Waals surface area contributed by atoms with Crippen molar-refractivity contribution in [2.45, 2.75) is 13.3 Å². The van der Waals surface area contributed by atoms with Crippen molar-refractivity contribution in [2.24, 2.45) is 5.92 Å². The monoisotopic (exact) mass is 405 g/mol. The Hall–Kier alpha value is -2.24. The molecule has 0 bridgehead atoms. The zero-order valence-corrected chi connectivity index (χ0v) is 16.9. The highest BCUT2D eigenvalue weighted by molar-refractivity contribution is 6.35. The first kappa shape index (κ1) is 19.5. The third-order valence-corrected chi connectivity index (χ3v) is 5.14. The maximum atomic E-state index is 12.7. The van der Waals surface area contributed by atoms with Crippen LogP contribution >= 0.6 is 23.2 Å². The van der Waals surface area contributed by atoms with Gasteiger partial charge in [-0.25, -0.2) is 0 Å². The standard InChI is InChI=1S/C20H21Cl2N3O2/c1-12-17(5-4-6-18(12)24(2)3)23-20(27)13-7-19(26)25(11-13)16-9-14(21)8-15(22)10-16/h4-6,8-10,13H,7,11H2,1-3H3,(H,23,27). The maximum absolute atomic E-state index is 12.7. The van der Waals surface area contributed by atoms with Crippen LogP contribution in [0.25, 0.3) is 0 Å². The number of carbonyl (C=O) groups excluding carboxylic acids is 2. The van der Waals surface area contributed by atoms with Crippen molar-refractivity contribution in [1.82, 2.24) is 0 Å². The van der Waals surface area contributed by atoms with E-state index in [0.29, 0.717) is 22.3 Å². The molecule has 0 aliphatic carbocycles. The number of benzene rings is 2. The zero-order valence-electron chi connectivity index (χ0n) is 15.4. The zero-order chi connectivity index (χ0) is 19.7. The lowest BCUT2D eigenvalue weighted by Gasteiger charge is -2.20. The van der Waals surface area contributed by atoms with Gasteiger partial charge < -0.3 is 15.1 Å². The fourth-order valence-corrected chi connectivity index (χ4v) is 3.82. The van der Waals surface area contributed by atoms with Crippen LogP contribution in [0.3, 0.4) is 0 Å². The van der Waals surface area contributed by atoms with E-state index in [2.05, 4.69) is 5.32 Å². The molecule has 1 aliphatic rings. The van der Waals surface area contributed by atoms with Crippen LogP contribution in [0.15, 0.2) is 36.4 Å². The van der Waals surface area contributed by atoms with Crippen LogP contribution in [0.2, 0.25) is 10.0 Å². The second-order valence-electron chi connectivity index (χ2n) is 6.87. The summed E-state index contributed by atoms with van der Waals surface area (Å²) in [5, 5.41) is 3.87. The van der Waals surface area contributed by atoms with Crippen molar-refractivity contribution in [2.75, 3.05) is 35.8 Å². The average molecular weight is 406 g/mol. The molecular formula is C20H21Cl2N3O2. The Bertz CT molecular complexity index is 879. The Morgan fingerprint density at radius 2 is 1.85 bits per heavy atom. The van der Waals surface area contributed by atoms with E-state index in [-0.39, 0.29) is 18.2 Å². The summed E-state index contributed by atoms with van der Waals surface area (Å²) in [4.78, 5) is 28.7. The van der Waals surface area contributed by atoms with Gasteiger partial charge in [0.15, 0.2) is 0 Å². The lowest BCUT2D eigenvalue weighted by molar-refractivity contribution is -0.122. The Morgan fingerprint density at radius 1 is 1.19 bits per heavy atom. The Labute approximate surface area is 168 Å². The van der Waals surface area contributed by atoms with E-state index in [1.165, 1.54) is 0 Å². The molecule has 1 aliphatic heterocycles. The smallest absolute Gasteiger partial charge is 0.229 e. The summed E-state index contributed by atoms with van der Waals surface area (Å²) in [5.41, 5.74) is 3.38. The topological polar surface area (TPSA) is 52.7 Å². The first-order valence-corrected chi connectivity index (χ1v) is 9.36. The Kier molecular flexibility index (Phi) is 5.63. The van der Waals surface area contributed by atoms with Gasteiger partial charge >= 0.3 is 0 Å². The van der Waals surface area contributed by atoms with Crippen molar-refractivity contribution >= 4 is 52.1 Å². The third-order valence-electron chi connectivity index (χ3n) is 4.70. The first-order valence-electron chi connectivity index (χ1n) is 8.60. The SMILES string of the molecule is Cc1c(NC(=O)C2CC(=O)N(c3cc(Cl)cc(Cl)c3)C2)cccc1N(C)C. The van der Waals surface area contributed by atoms with Gasteiger partial charge in [-0.05, 0) is 42.8 Å². The van der Waals surface area contributed by atoms with Crippen molar-refractivity contribution in [3.63, 3.8) is 0 Å². The molecule has 0 aromatic heterocycles. The van der Waals surface area contributed by atoms with Crippen LogP contribution in [-0.4, -0.2) is 32.5 Å². The highest BCUT2D eigenvalue weighted by Crippen LogP contribution is 2.31. The number of anilines is 3. The van der Waals surface area contributed by atoms with Gasteiger partial charge in [-0.15, -0.1) is 0 Å². The molecule has 0 spiro atoms. The summed E-state index contributed by atoms with van der Waals surface area (Å²) >= 11 is 12.1. The molecule has 1 N–H and O–H groups in total. The number of halogens is 2. The Morgan fingerprint density at radius 3 is 2.48 bits per heavy atom. The number of hydrogen-bond donors (Lipinski definition) is 1. The molecule has 0 saturated carbocycles.